The molecule has 0 spiro atoms. The van der Waals surface area contributed by atoms with Crippen LogP contribution in [0.4, 0.5) is 0 Å². The Balaban J connectivity index is 2.65. The van der Waals surface area contributed by atoms with E-state index in [0.29, 0.717) is 6.54 Å². The normalized spacial score (nSPS) is 11.1. The molecule has 1 aromatic heterocycles. The largest absolute Gasteiger partial charge is 0.330 e. The van der Waals surface area contributed by atoms with Crippen LogP contribution in [0.2, 0.25) is 0 Å². The van der Waals surface area contributed by atoms with Gasteiger partial charge in [0.25, 0.3) is 0 Å². The van der Waals surface area contributed by atoms with Crippen molar-refractivity contribution in [2.75, 3.05) is 6.54 Å². The molecule has 0 fully saturated rings. The summed E-state index contributed by atoms with van der Waals surface area (Å²) in [5, 5.41) is 7.66. The molecule has 1 heterocycles. The first-order chi connectivity index (χ1) is 8.97. The van der Waals surface area contributed by atoms with Gasteiger partial charge < -0.3 is 5.73 Å². The molecule has 0 unspecified atom stereocenters. The second kappa shape index (κ2) is 5.17. The maximum Gasteiger partial charge on any atom is 0.0958 e. The summed E-state index contributed by atoms with van der Waals surface area (Å²) in [4.78, 5) is 0. The van der Waals surface area contributed by atoms with Gasteiger partial charge in [-0.15, -0.1) is 0 Å². The lowest BCUT2D eigenvalue weighted by atomic mass is 9.90. The van der Waals surface area contributed by atoms with Crippen LogP contribution in [0.5, 0.6) is 0 Å². The van der Waals surface area contributed by atoms with Gasteiger partial charge >= 0.3 is 0 Å². The molecular formula is C16H23N3. The summed E-state index contributed by atoms with van der Waals surface area (Å²) in [5.41, 5.74) is 15.6. The number of H-pyrrole nitrogens is 1. The SMILES string of the molecule is Cc1cc(C)c(C)c(-c2n[nH]c(CCN)c2C)c1C. The highest BCUT2D eigenvalue weighted by Crippen LogP contribution is 2.33. The number of rotatable bonds is 3. The van der Waals surface area contributed by atoms with Crippen molar-refractivity contribution in [3.05, 3.63) is 39.6 Å². The summed E-state index contributed by atoms with van der Waals surface area (Å²) in [7, 11) is 0. The summed E-state index contributed by atoms with van der Waals surface area (Å²) in [5.74, 6) is 0. The molecule has 0 aliphatic heterocycles. The summed E-state index contributed by atoms with van der Waals surface area (Å²) in [6, 6.07) is 2.25. The van der Waals surface area contributed by atoms with Gasteiger partial charge in [0.1, 0.15) is 0 Å². The van der Waals surface area contributed by atoms with Gasteiger partial charge in [0.15, 0.2) is 0 Å². The minimum atomic E-state index is 0.646. The molecule has 3 heteroatoms. The van der Waals surface area contributed by atoms with Crippen molar-refractivity contribution in [2.24, 2.45) is 5.73 Å². The van der Waals surface area contributed by atoms with E-state index in [4.69, 9.17) is 5.73 Å². The van der Waals surface area contributed by atoms with E-state index in [2.05, 4.69) is 50.9 Å². The summed E-state index contributed by atoms with van der Waals surface area (Å²) >= 11 is 0. The van der Waals surface area contributed by atoms with Crippen molar-refractivity contribution in [2.45, 2.75) is 41.0 Å². The van der Waals surface area contributed by atoms with Crippen LogP contribution in [0.3, 0.4) is 0 Å². The van der Waals surface area contributed by atoms with Crippen LogP contribution >= 0.6 is 0 Å². The zero-order chi connectivity index (χ0) is 14.2. The molecule has 3 nitrogen and oxygen atoms in total. The second-order valence-electron chi connectivity index (χ2n) is 5.35. The first kappa shape index (κ1) is 13.8. The molecule has 0 radical (unpaired) electrons. The van der Waals surface area contributed by atoms with Crippen LogP contribution in [0.15, 0.2) is 6.07 Å². The van der Waals surface area contributed by atoms with Crippen LogP contribution < -0.4 is 5.73 Å². The summed E-state index contributed by atoms with van der Waals surface area (Å²) in [6.07, 6.45) is 0.849. The number of hydrogen-bond donors (Lipinski definition) is 2. The number of nitrogens with two attached hydrogens (primary N) is 1. The fraction of sp³-hybridized carbons (Fsp3) is 0.438. The molecule has 0 saturated carbocycles. The van der Waals surface area contributed by atoms with E-state index in [1.165, 1.54) is 33.4 Å². The molecule has 0 amide bonds. The first-order valence-electron chi connectivity index (χ1n) is 6.79. The van der Waals surface area contributed by atoms with Gasteiger partial charge in [0.05, 0.1) is 5.69 Å². The van der Waals surface area contributed by atoms with Gasteiger partial charge in [-0.05, 0) is 69.0 Å². The third-order valence-electron chi connectivity index (χ3n) is 4.11. The maximum absolute atomic E-state index is 5.64. The Hall–Kier alpha value is -1.61. The number of nitrogens with zero attached hydrogens (tertiary/aromatic N) is 1. The third-order valence-corrected chi connectivity index (χ3v) is 4.11. The highest BCUT2D eigenvalue weighted by molar-refractivity contribution is 5.73. The lowest BCUT2D eigenvalue weighted by Crippen LogP contribution is -2.04. The fourth-order valence-electron chi connectivity index (χ4n) is 2.64. The van der Waals surface area contributed by atoms with Crippen LogP contribution in [-0.2, 0) is 6.42 Å². The van der Waals surface area contributed by atoms with Crippen LogP contribution in [0.1, 0.15) is 33.5 Å². The Morgan fingerprint density at radius 2 is 1.58 bits per heavy atom. The van der Waals surface area contributed by atoms with Gasteiger partial charge in [-0.1, -0.05) is 6.07 Å². The van der Waals surface area contributed by atoms with Crippen LogP contribution in [0, 0.1) is 34.6 Å². The summed E-state index contributed by atoms with van der Waals surface area (Å²) in [6.45, 7) is 11.4. The predicted octanol–water partition coefficient (Wildman–Crippen LogP) is 3.12. The lowest BCUT2D eigenvalue weighted by molar-refractivity contribution is 0.895. The molecule has 0 atom stereocenters. The van der Waals surface area contributed by atoms with Crippen LogP contribution in [-0.4, -0.2) is 16.7 Å². The number of aromatic nitrogens is 2. The minimum absolute atomic E-state index is 0.646. The van der Waals surface area contributed by atoms with E-state index in [0.717, 1.165) is 17.8 Å². The Bertz CT molecular complexity index is 583. The number of aryl methyl sites for hydroxylation is 2. The van der Waals surface area contributed by atoms with Gasteiger partial charge in [-0.2, -0.15) is 5.10 Å². The van der Waals surface area contributed by atoms with E-state index in [1.807, 2.05) is 0 Å². The quantitative estimate of drug-likeness (QED) is 0.887. The highest BCUT2D eigenvalue weighted by atomic mass is 15.1. The standard InChI is InChI=1S/C16H23N3/c1-9-8-10(2)12(4)15(11(9)3)16-13(5)14(6-7-17)18-19-16/h8H,6-7,17H2,1-5H3,(H,18,19). The molecule has 19 heavy (non-hydrogen) atoms. The van der Waals surface area contributed by atoms with E-state index >= 15 is 0 Å². The van der Waals surface area contributed by atoms with Crippen molar-refractivity contribution in [3.8, 4) is 11.3 Å². The van der Waals surface area contributed by atoms with Crippen molar-refractivity contribution >= 4 is 0 Å². The topological polar surface area (TPSA) is 54.7 Å². The Morgan fingerprint density at radius 3 is 2.11 bits per heavy atom. The third kappa shape index (κ3) is 2.30. The first-order valence-corrected chi connectivity index (χ1v) is 6.79. The van der Waals surface area contributed by atoms with Gasteiger partial charge in [-0.3, -0.25) is 5.10 Å². The Kier molecular flexibility index (Phi) is 3.76. The van der Waals surface area contributed by atoms with E-state index in [9.17, 15) is 0 Å². The molecule has 1 aromatic carbocycles. The van der Waals surface area contributed by atoms with E-state index in [1.54, 1.807) is 0 Å². The zero-order valence-corrected chi connectivity index (χ0v) is 12.5. The zero-order valence-electron chi connectivity index (χ0n) is 12.5. The molecule has 0 aliphatic rings. The van der Waals surface area contributed by atoms with Gasteiger partial charge in [0.2, 0.25) is 0 Å². The van der Waals surface area contributed by atoms with Gasteiger partial charge in [-0.25, -0.2) is 0 Å². The smallest absolute Gasteiger partial charge is 0.0958 e. The molecule has 0 aliphatic carbocycles. The number of nitrogens with one attached hydrogen (secondary N) is 1. The van der Waals surface area contributed by atoms with Gasteiger partial charge in [0, 0.05) is 17.7 Å². The molecule has 0 saturated heterocycles. The molecular weight excluding hydrogens is 234 g/mol. The van der Waals surface area contributed by atoms with Crippen molar-refractivity contribution < 1.29 is 0 Å². The number of aromatic amines is 1. The molecule has 2 aromatic rings. The van der Waals surface area contributed by atoms with Crippen LogP contribution in [0.25, 0.3) is 11.3 Å². The highest BCUT2D eigenvalue weighted by Gasteiger charge is 2.16. The second-order valence-corrected chi connectivity index (χ2v) is 5.35. The van der Waals surface area contributed by atoms with E-state index < -0.39 is 0 Å². The monoisotopic (exact) mass is 257 g/mol. The Morgan fingerprint density at radius 1 is 1.00 bits per heavy atom. The van der Waals surface area contributed by atoms with Crippen molar-refractivity contribution in [1.82, 2.24) is 10.2 Å². The van der Waals surface area contributed by atoms with Crippen molar-refractivity contribution in [3.63, 3.8) is 0 Å². The average molecular weight is 257 g/mol. The Labute approximate surface area is 115 Å². The lowest BCUT2D eigenvalue weighted by Gasteiger charge is -2.14. The number of hydrogen-bond acceptors (Lipinski definition) is 2. The average Bonchev–Trinajstić information content (AvgIpc) is 2.71. The van der Waals surface area contributed by atoms with Crippen molar-refractivity contribution in [1.29, 1.82) is 0 Å². The molecule has 3 N–H and O–H groups in total. The van der Waals surface area contributed by atoms with E-state index in [-0.39, 0.29) is 0 Å². The number of benzene rings is 1. The minimum Gasteiger partial charge on any atom is -0.330 e. The fourth-order valence-corrected chi connectivity index (χ4v) is 2.64. The summed E-state index contributed by atoms with van der Waals surface area (Å²) < 4.78 is 0. The molecule has 102 valence electrons. The molecule has 0 bridgehead atoms. The molecule has 2 rings (SSSR count). The maximum atomic E-state index is 5.64. The predicted molar refractivity (Wildman–Crippen MR) is 80.5 cm³/mol.